The number of para-hydroxylation sites is 1. The van der Waals surface area contributed by atoms with Crippen LogP contribution in [0.3, 0.4) is 0 Å². The molecule has 1 heterocycles. The largest absolute Gasteiger partial charge is 0.496 e. The number of benzene rings is 2. The molecule has 126 valence electrons. The summed E-state index contributed by atoms with van der Waals surface area (Å²) in [7, 11) is 3.78. The number of hydrogen-bond acceptors (Lipinski definition) is 3. The molecule has 1 unspecified atom stereocenters. The minimum atomic E-state index is 0.113. The van der Waals surface area contributed by atoms with Crippen molar-refractivity contribution in [3.05, 3.63) is 54.1 Å². The maximum atomic E-state index is 12.7. The van der Waals surface area contributed by atoms with Crippen molar-refractivity contribution in [2.75, 3.05) is 33.8 Å². The molecule has 1 amide bonds. The van der Waals surface area contributed by atoms with Gasteiger partial charge in [0.25, 0.3) is 5.91 Å². The summed E-state index contributed by atoms with van der Waals surface area (Å²) >= 11 is 0. The molecule has 0 radical (unpaired) electrons. The monoisotopic (exact) mass is 324 g/mol. The molecule has 1 aliphatic rings. The molecule has 0 aliphatic carbocycles. The number of hydrogen-bond donors (Lipinski definition) is 0. The number of carbonyl (C=O) groups excluding carboxylic acids is 1. The van der Waals surface area contributed by atoms with Crippen molar-refractivity contribution in [3.63, 3.8) is 0 Å². The quantitative estimate of drug-likeness (QED) is 0.869. The first-order chi connectivity index (χ1) is 11.6. The van der Waals surface area contributed by atoms with Crippen LogP contribution in [0.25, 0.3) is 11.1 Å². The first-order valence-corrected chi connectivity index (χ1v) is 8.33. The number of carbonyl (C=O) groups is 1. The number of ether oxygens (including phenoxy) is 1. The Bertz CT molecular complexity index is 712. The third kappa shape index (κ3) is 3.29. The molecule has 1 atom stereocenters. The highest BCUT2D eigenvalue weighted by molar-refractivity contribution is 5.95. The highest BCUT2D eigenvalue weighted by atomic mass is 16.5. The van der Waals surface area contributed by atoms with Gasteiger partial charge in [-0.3, -0.25) is 4.79 Å². The van der Waals surface area contributed by atoms with Gasteiger partial charge in [0.15, 0.2) is 0 Å². The maximum Gasteiger partial charge on any atom is 0.253 e. The fraction of sp³-hybridized carbons (Fsp3) is 0.350. The Labute approximate surface area is 143 Å². The van der Waals surface area contributed by atoms with Gasteiger partial charge >= 0.3 is 0 Å². The summed E-state index contributed by atoms with van der Waals surface area (Å²) in [6.07, 6.45) is 0. The first-order valence-electron chi connectivity index (χ1n) is 8.33. The number of methoxy groups -OCH3 is 1. The lowest BCUT2D eigenvalue weighted by atomic mass is 10.0. The summed E-state index contributed by atoms with van der Waals surface area (Å²) < 4.78 is 5.41. The van der Waals surface area contributed by atoms with Gasteiger partial charge in [-0.1, -0.05) is 30.3 Å². The normalized spacial score (nSPS) is 18.5. The van der Waals surface area contributed by atoms with E-state index >= 15 is 0 Å². The second-order valence-corrected chi connectivity index (χ2v) is 6.36. The van der Waals surface area contributed by atoms with E-state index in [-0.39, 0.29) is 5.91 Å². The zero-order valence-corrected chi connectivity index (χ0v) is 14.5. The van der Waals surface area contributed by atoms with Gasteiger partial charge in [-0.05, 0) is 37.7 Å². The van der Waals surface area contributed by atoms with Gasteiger partial charge in [0.1, 0.15) is 5.75 Å². The van der Waals surface area contributed by atoms with Crippen molar-refractivity contribution >= 4 is 5.91 Å². The number of rotatable bonds is 3. The van der Waals surface area contributed by atoms with Gasteiger partial charge in [-0.2, -0.15) is 0 Å². The molecular weight excluding hydrogens is 300 g/mol. The Hall–Kier alpha value is -2.33. The zero-order valence-electron chi connectivity index (χ0n) is 14.5. The minimum absolute atomic E-state index is 0.113. The van der Waals surface area contributed by atoms with Gasteiger partial charge < -0.3 is 14.5 Å². The van der Waals surface area contributed by atoms with Crippen molar-refractivity contribution in [2.24, 2.45) is 0 Å². The van der Waals surface area contributed by atoms with Gasteiger partial charge in [0, 0.05) is 36.8 Å². The lowest BCUT2D eigenvalue weighted by Gasteiger charge is -2.37. The first kappa shape index (κ1) is 16.5. The van der Waals surface area contributed by atoms with Crippen LogP contribution in [0.15, 0.2) is 48.5 Å². The van der Waals surface area contributed by atoms with E-state index in [9.17, 15) is 4.79 Å². The molecule has 1 fully saturated rings. The average molecular weight is 324 g/mol. The molecule has 24 heavy (non-hydrogen) atoms. The Morgan fingerprint density at radius 3 is 2.46 bits per heavy atom. The third-order valence-corrected chi connectivity index (χ3v) is 4.80. The molecule has 0 bridgehead atoms. The fourth-order valence-corrected chi connectivity index (χ4v) is 3.09. The van der Waals surface area contributed by atoms with E-state index in [1.165, 1.54) is 0 Å². The number of amides is 1. The summed E-state index contributed by atoms with van der Waals surface area (Å²) in [6.45, 7) is 4.65. The lowest BCUT2D eigenvalue weighted by Crippen LogP contribution is -2.52. The molecule has 0 spiro atoms. The van der Waals surface area contributed by atoms with Crippen molar-refractivity contribution in [1.82, 2.24) is 9.80 Å². The van der Waals surface area contributed by atoms with Gasteiger partial charge in [0.05, 0.1) is 7.11 Å². The summed E-state index contributed by atoms with van der Waals surface area (Å²) in [4.78, 5) is 16.9. The molecule has 0 saturated carbocycles. The Balaban J connectivity index is 1.78. The average Bonchev–Trinajstić information content (AvgIpc) is 2.63. The lowest BCUT2D eigenvalue weighted by molar-refractivity contribution is 0.0572. The van der Waals surface area contributed by atoms with E-state index in [2.05, 4.69) is 18.9 Å². The molecule has 2 aromatic rings. The Morgan fingerprint density at radius 1 is 1.08 bits per heavy atom. The molecule has 1 aliphatic heterocycles. The molecule has 1 saturated heterocycles. The highest BCUT2D eigenvalue weighted by Crippen LogP contribution is 2.29. The van der Waals surface area contributed by atoms with Crippen molar-refractivity contribution in [2.45, 2.75) is 13.0 Å². The molecule has 4 heteroatoms. The predicted octanol–water partition coefficient (Wildman–Crippen LogP) is 3.14. The van der Waals surface area contributed by atoms with E-state index in [1.807, 2.05) is 53.4 Å². The summed E-state index contributed by atoms with van der Waals surface area (Å²) in [6, 6.07) is 16.1. The highest BCUT2D eigenvalue weighted by Gasteiger charge is 2.25. The van der Waals surface area contributed by atoms with Crippen LogP contribution >= 0.6 is 0 Å². The zero-order chi connectivity index (χ0) is 17.1. The van der Waals surface area contributed by atoms with E-state index in [4.69, 9.17) is 4.74 Å². The van der Waals surface area contributed by atoms with Crippen LogP contribution in [0, 0.1) is 0 Å². The van der Waals surface area contributed by atoms with Crippen LogP contribution in [-0.4, -0.2) is 55.5 Å². The molecule has 3 rings (SSSR count). The minimum Gasteiger partial charge on any atom is -0.496 e. The van der Waals surface area contributed by atoms with E-state index in [0.717, 1.165) is 42.1 Å². The second kappa shape index (κ2) is 7.05. The van der Waals surface area contributed by atoms with Crippen molar-refractivity contribution in [3.8, 4) is 16.9 Å². The van der Waals surface area contributed by atoms with Crippen molar-refractivity contribution < 1.29 is 9.53 Å². The number of likely N-dealkylation sites (N-methyl/N-ethyl adjacent to an activating group) is 1. The van der Waals surface area contributed by atoms with Gasteiger partial charge in [-0.25, -0.2) is 0 Å². The predicted molar refractivity (Wildman–Crippen MR) is 96.4 cm³/mol. The SMILES string of the molecule is COc1ccccc1-c1ccc(C(=O)N2CCN(C)C(C)C2)cc1. The van der Waals surface area contributed by atoms with Crippen LogP contribution in [-0.2, 0) is 0 Å². The summed E-state index contributed by atoms with van der Waals surface area (Å²) in [5.74, 6) is 0.950. The fourth-order valence-electron chi connectivity index (χ4n) is 3.09. The van der Waals surface area contributed by atoms with Crippen LogP contribution in [0.4, 0.5) is 0 Å². The van der Waals surface area contributed by atoms with Crippen LogP contribution in [0.5, 0.6) is 5.75 Å². The van der Waals surface area contributed by atoms with Crippen LogP contribution in [0.1, 0.15) is 17.3 Å². The van der Waals surface area contributed by atoms with Crippen LogP contribution in [0.2, 0.25) is 0 Å². The third-order valence-electron chi connectivity index (χ3n) is 4.80. The van der Waals surface area contributed by atoms with Crippen LogP contribution < -0.4 is 4.74 Å². The molecule has 0 aromatic heterocycles. The molecule has 2 aromatic carbocycles. The van der Waals surface area contributed by atoms with Gasteiger partial charge in [0.2, 0.25) is 0 Å². The smallest absolute Gasteiger partial charge is 0.253 e. The summed E-state index contributed by atoms with van der Waals surface area (Å²) in [5, 5.41) is 0. The summed E-state index contributed by atoms with van der Waals surface area (Å²) in [5.41, 5.74) is 2.83. The van der Waals surface area contributed by atoms with E-state index in [0.29, 0.717) is 6.04 Å². The van der Waals surface area contributed by atoms with E-state index < -0.39 is 0 Å². The maximum absolute atomic E-state index is 12.7. The second-order valence-electron chi connectivity index (χ2n) is 6.36. The molecule has 0 N–H and O–H groups in total. The molecule has 4 nitrogen and oxygen atoms in total. The Kier molecular flexibility index (Phi) is 4.86. The van der Waals surface area contributed by atoms with E-state index in [1.54, 1.807) is 7.11 Å². The van der Waals surface area contributed by atoms with Gasteiger partial charge in [-0.15, -0.1) is 0 Å². The molecular formula is C20H24N2O2. The standard InChI is InChI=1S/C20H24N2O2/c1-15-14-22(13-12-21(15)2)20(23)17-10-8-16(9-11-17)18-6-4-5-7-19(18)24-3/h4-11,15H,12-14H2,1-3H3. The number of piperazine rings is 1. The van der Waals surface area contributed by atoms with Crippen molar-refractivity contribution in [1.29, 1.82) is 0 Å². The number of nitrogens with zero attached hydrogens (tertiary/aromatic N) is 2. The topological polar surface area (TPSA) is 32.8 Å². The Morgan fingerprint density at radius 2 is 1.79 bits per heavy atom.